The molecule has 0 saturated carbocycles. The number of H-pyrrole nitrogens is 1. The van der Waals surface area contributed by atoms with Gasteiger partial charge >= 0.3 is 5.97 Å². The third-order valence-corrected chi connectivity index (χ3v) is 4.97. The summed E-state index contributed by atoms with van der Waals surface area (Å²) in [6, 6.07) is 9.13. The highest BCUT2D eigenvalue weighted by molar-refractivity contribution is 6.14. The van der Waals surface area contributed by atoms with Gasteiger partial charge in [-0.05, 0) is 6.07 Å². The summed E-state index contributed by atoms with van der Waals surface area (Å²) in [6.45, 7) is 0. The van der Waals surface area contributed by atoms with Gasteiger partial charge in [0.2, 0.25) is 17.7 Å². The van der Waals surface area contributed by atoms with Crippen molar-refractivity contribution in [3.05, 3.63) is 52.5 Å². The first kappa shape index (κ1) is 16.7. The molecule has 27 heavy (non-hydrogen) atoms. The highest BCUT2D eigenvalue weighted by atomic mass is 16.5. The van der Waals surface area contributed by atoms with Gasteiger partial charge in [0, 0.05) is 18.3 Å². The van der Waals surface area contributed by atoms with E-state index in [1.165, 1.54) is 12.0 Å². The molecular weight excluding hydrogens is 350 g/mol. The fourth-order valence-electron chi connectivity index (χ4n) is 3.81. The predicted molar refractivity (Wildman–Crippen MR) is 92.4 cm³/mol. The topological polar surface area (TPSA) is 134 Å². The standard InChI is InChI=1S/C18H15N5O4/c1-23-12-6-4-3-5-9(12)18(17(23)25)10(8-19)15(20)27-16-14(18)11(21-22-16)7-13(24)26-2/h3-6H,7,20H2,1-2H3,(H,21,22)/t18-/m0/s1. The Labute approximate surface area is 154 Å². The second-order valence-corrected chi connectivity index (χ2v) is 6.22. The molecule has 3 N–H and O–H groups in total. The molecule has 3 heterocycles. The van der Waals surface area contributed by atoms with Crippen LogP contribution in [0.15, 0.2) is 35.7 Å². The van der Waals surface area contributed by atoms with Gasteiger partial charge in [-0.3, -0.25) is 14.7 Å². The molecule has 9 nitrogen and oxygen atoms in total. The van der Waals surface area contributed by atoms with Crippen LogP contribution < -0.4 is 15.4 Å². The van der Waals surface area contributed by atoms with Crippen LogP contribution in [-0.4, -0.2) is 36.2 Å². The van der Waals surface area contributed by atoms with Crippen molar-refractivity contribution in [2.45, 2.75) is 11.8 Å². The lowest BCUT2D eigenvalue weighted by Crippen LogP contribution is -2.45. The number of hydrogen-bond acceptors (Lipinski definition) is 7. The van der Waals surface area contributed by atoms with E-state index in [9.17, 15) is 14.9 Å². The fourth-order valence-corrected chi connectivity index (χ4v) is 3.81. The Morgan fingerprint density at radius 3 is 2.93 bits per heavy atom. The highest BCUT2D eigenvalue weighted by Crippen LogP contribution is 2.55. The minimum Gasteiger partial charge on any atom is -0.469 e. The van der Waals surface area contributed by atoms with Gasteiger partial charge in [-0.15, -0.1) is 5.10 Å². The quantitative estimate of drug-likeness (QED) is 0.739. The Morgan fingerprint density at radius 2 is 2.22 bits per heavy atom. The molecule has 9 heteroatoms. The molecule has 1 aromatic heterocycles. The second kappa shape index (κ2) is 5.60. The number of rotatable bonds is 2. The first-order valence-electron chi connectivity index (χ1n) is 8.07. The molecule has 2 aliphatic heterocycles. The first-order valence-corrected chi connectivity index (χ1v) is 8.07. The number of aromatic nitrogens is 2. The Hall–Kier alpha value is -3.80. The minimum atomic E-state index is -1.53. The number of esters is 1. The van der Waals surface area contributed by atoms with E-state index >= 15 is 0 Å². The molecule has 0 saturated heterocycles. The van der Waals surface area contributed by atoms with E-state index in [2.05, 4.69) is 10.2 Å². The Kier molecular flexibility index (Phi) is 3.46. The number of likely N-dealkylation sites (N-methyl/N-ethyl adjacent to an activating group) is 1. The maximum absolute atomic E-state index is 13.5. The number of amides is 1. The molecule has 136 valence electrons. The maximum Gasteiger partial charge on any atom is 0.311 e. The smallest absolute Gasteiger partial charge is 0.311 e. The molecule has 0 fully saturated rings. The van der Waals surface area contributed by atoms with Crippen molar-refractivity contribution >= 4 is 17.6 Å². The summed E-state index contributed by atoms with van der Waals surface area (Å²) in [5, 5.41) is 16.6. The van der Waals surface area contributed by atoms with E-state index in [1.54, 1.807) is 31.3 Å². The van der Waals surface area contributed by atoms with Gasteiger partial charge in [0.05, 0.1) is 24.8 Å². The number of carbonyl (C=O) groups excluding carboxylic acids is 2. The van der Waals surface area contributed by atoms with Gasteiger partial charge in [0.25, 0.3) is 0 Å². The monoisotopic (exact) mass is 365 g/mol. The number of anilines is 1. The van der Waals surface area contributed by atoms with Crippen molar-refractivity contribution in [2.24, 2.45) is 5.73 Å². The number of ether oxygens (including phenoxy) is 2. The zero-order chi connectivity index (χ0) is 19.3. The molecular formula is C18H15N5O4. The lowest BCUT2D eigenvalue weighted by atomic mass is 9.69. The Balaban J connectivity index is 2.09. The molecule has 0 aliphatic carbocycles. The number of aromatic amines is 1. The number of benzene rings is 1. The van der Waals surface area contributed by atoms with E-state index < -0.39 is 11.4 Å². The number of nitrogens with zero attached hydrogens (tertiary/aromatic N) is 3. The van der Waals surface area contributed by atoms with E-state index in [0.717, 1.165) is 0 Å². The van der Waals surface area contributed by atoms with Crippen LogP contribution in [-0.2, 0) is 26.2 Å². The van der Waals surface area contributed by atoms with Crippen molar-refractivity contribution in [3.8, 4) is 11.9 Å². The van der Waals surface area contributed by atoms with E-state index in [4.69, 9.17) is 15.2 Å². The third kappa shape index (κ3) is 1.95. The van der Waals surface area contributed by atoms with Gasteiger partial charge in [0.1, 0.15) is 17.1 Å². The van der Waals surface area contributed by atoms with Crippen molar-refractivity contribution < 1.29 is 19.1 Å². The number of nitrogens with two attached hydrogens (primary N) is 1. The number of hydrogen-bond donors (Lipinski definition) is 2. The molecule has 4 rings (SSSR count). The lowest BCUT2D eigenvalue weighted by Gasteiger charge is -2.32. The zero-order valence-electron chi connectivity index (χ0n) is 14.6. The number of nitrogens with one attached hydrogen (secondary N) is 1. The summed E-state index contributed by atoms with van der Waals surface area (Å²) in [5.41, 5.74) is 6.26. The summed E-state index contributed by atoms with van der Waals surface area (Å²) in [7, 11) is 2.89. The van der Waals surface area contributed by atoms with Gasteiger partial charge in [-0.1, -0.05) is 18.2 Å². The second-order valence-electron chi connectivity index (χ2n) is 6.22. The summed E-state index contributed by atoms with van der Waals surface area (Å²) < 4.78 is 10.2. The van der Waals surface area contributed by atoms with Crippen LogP contribution in [0.1, 0.15) is 16.8 Å². The molecule has 1 amide bonds. The number of nitriles is 1. The van der Waals surface area contributed by atoms with Crippen LogP contribution in [0.4, 0.5) is 5.69 Å². The number of fused-ring (bicyclic) bond motifs is 4. The molecule has 1 aromatic carbocycles. The summed E-state index contributed by atoms with van der Waals surface area (Å²) in [6.07, 6.45) is -0.165. The van der Waals surface area contributed by atoms with Crippen molar-refractivity contribution in [1.29, 1.82) is 5.26 Å². The average molecular weight is 365 g/mol. The van der Waals surface area contributed by atoms with Crippen LogP contribution in [0.25, 0.3) is 0 Å². The molecule has 1 spiro atoms. The van der Waals surface area contributed by atoms with Crippen molar-refractivity contribution in [3.63, 3.8) is 0 Å². The molecule has 0 bridgehead atoms. The summed E-state index contributed by atoms with van der Waals surface area (Å²) in [5.74, 6) is -1.03. The molecule has 1 atom stereocenters. The Morgan fingerprint density at radius 1 is 1.48 bits per heavy atom. The van der Waals surface area contributed by atoms with Crippen LogP contribution in [0.3, 0.4) is 0 Å². The summed E-state index contributed by atoms with van der Waals surface area (Å²) >= 11 is 0. The van der Waals surface area contributed by atoms with E-state index in [0.29, 0.717) is 22.5 Å². The van der Waals surface area contributed by atoms with E-state index in [1.807, 2.05) is 6.07 Å². The molecule has 2 aromatic rings. The van der Waals surface area contributed by atoms with Crippen LogP contribution in [0.5, 0.6) is 5.88 Å². The van der Waals surface area contributed by atoms with Gasteiger partial charge in [-0.2, -0.15) is 5.26 Å². The number of para-hydroxylation sites is 1. The normalized spacial score (nSPS) is 20.2. The third-order valence-electron chi connectivity index (χ3n) is 4.97. The van der Waals surface area contributed by atoms with Crippen LogP contribution in [0.2, 0.25) is 0 Å². The highest BCUT2D eigenvalue weighted by Gasteiger charge is 2.60. The Bertz CT molecular complexity index is 1060. The van der Waals surface area contributed by atoms with Gasteiger partial charge in [-0.25, -0.2) is 0 Å². The first-order chi connectivity index (χ1) is 13.0. The van der Waals surface area contributed by atoms with Crippen LogP contribution in [0, 0.1) is 11.3 Å². The van der Waals surface area contributed by atoms with Gasteiger partial charge in [0.15, 0.2) is 0 Å². The largest absolute Gasteiger partial charge is 0.469 e. The summed E-state index contributed by atoms with van der Waals surface area (Å²) in [4.78, 5) is 26.8. The molecule has 0 radical (unpaired) electrons. The minimum absolute atomic E-state index is 0.0377. The average Bonchev–Trinajstić information content (AvgIpc) is 3.16. The zero-order valence-corrected chi connectivity index (χ0v) is 14.6. The molecule has 2 aliphatic rings. The van der Waals surface area contributed by atoms with Gasteiger partial charge < -0.3 is 20.1 Å². The number of methoxy groups -OCH3 is 1. The molecule has 0 unspecified atom stereocenters. The maximum atomic E-state index is 13.5. The number of carbonyl (C=O) groups is 2. The van der Waals surface area contributed by atoms with E-state index in [-0.39, 0.29) is 29.7 Å². The van der Waals surface area contributed by atoms with Crippen molar-refractivity contribution in [1.82, 2.24) is 10.2 Å². The fraction of sp³-hybridized carbons (Fsp3) is 0.222. The predicted octanol–water partition coefficient (Wildman–Crippen LogP) is 0.474. The lowest BCUT2D eigenvalue weighted by molar-refractivity contribution is -0.139. The van der Waals surface area contributed by atoms with Crippen LogP contribution >= 0.6 is 0 Å². The van der Waals surface area contributed by atoms with Crippen molar-refractivity contribution in [2.75, 3.05) is 19.1 Å². The SMILES string of the molecule is COC(=O)Cc1[nH]nc2c1[C@@]1(C(=O)N(C)c3ccccc31)C(C#N)=C(N)O2.